The fourth-order valence-electron chi connectivity index (χ4n) is 3.56. The van der Waals surface area contributed by atoms with Crippen LogP contribution >= 0.6 is 0 Å². The van der Waals surface area contributed by atoms with E-state index in [2.05, 4.69) is 18.7 Å². The highest BCUT2D eigenvalue weighted by molar-refractivity contribution is 6.25. The van der Waals surface area contributed by atoms with E-state index in [9.17, 15) is 9.59 Å². The van der Waals surface area contributed by atoms with Gasteiger partial charge in [-0.25, -0.2) is 0 Å². The minimum absolute atomic E-state index is 0.172. The summed E-state index contributed by atoms with van der Waals surface area (Å²) in [6.45, 7) is 5.37. The van der Waals surface area contributed by atoms with Crippen LogP contribution in [0, 0.1) is 5.41 Å². The highest BCUT2D eigenvalue weighted by Gasteiger charge is 2.36. The summed E-state index contributed by atoms with van der Waals surface area (Å²) in [5, 5.41) is 1.72. The topological polar surface area (TPSA) is 40.6 Å². The molecule has 1 aliphatic rings. The molecule has 4 heteroatoms. The average Bonchev–Trinajstić information content (AvgIpc) is 2.47. The van der Waals surface area contributed by atoms with Crippen molar-refractivity contribution < 1.29 is 9.59 Å². The molecule has 120 valence electrons. The Labute approximate surface area is 136 Å². The number of carbonyl (C=O) groups excluding carboxylic acids is 2. The molecule has 0 spiro atoms. The first-order valence-corrected chi connectivity index (χ1v) is 7.83. The van der Waals surface area contributed by atoms with Gasteiger partial charge in [0.15, 0.2) is 0 Å². The van der Waals surface area contributed by atoms with Gasteiger partial charge in [-0.2, -0.15) is 0 Å². The molecule has 0 unspecified atom stereocenters. The van der Waals surface area contributed by atoms with E-state index in [1.807, 2.05) is 50.5 Å². The Morgan fingerprint density at radius 3 is 1.96 bits per heavy atom. The van der Waals surface area contributed by atoms with Crippen LogP contribution in [0.15, 0.2) is 36.4 Å². The standard InChI is InChI=1S/C19H22N2O2/c1-19(2,11-20(3)4)12-21-17(22)14-9-5-7-13-8-6-10-15(16(13)14)18(21)23/h5-10H,11-12H2,1-4H3. The van der Waals surface area contributed by atoms with Crippen molar-refractivity contribution in [1.82, 2.24) is 9.80 Å². The van der Waals surface area contributed by atoms with Gasteiger partial charge < -0.3 is 4.90 Å². The summed E-state index contributed by atoms with van der Waals surface area (Å²) in [5.41, 5.74) is 1.08. The summed E-state index contributed by atoms with van der Waals surface area (Å²) >= 11 is 0. The second-order valence-corrected chi connectivity index (χ2v) is 7.31. The van der Waals surface area contributed by atoms with E-state index in [0.29, 0.717) is 17.7 Å². The Morgan fingerprint density at radius 1 is 0.957 bits per heavy atom. The Bertz CT molecular complexity index is 742. The number of hydrogen-bond acceptors (Lipinski definition) is 3. The summed E-state index contributed by atoms with van der Waals surface area (Å²) in [5.74, 6) is -0.378. The zero-order chi connectivity index (χ0) is 16.8. The van der Waals surface area contributed by atoms with Crippen LogP contribution in [0.5, 0.6) is 0 Å². The van der Waals surface area contributed by atoms with Crippen LogP contribution in [0.25, 0.3) is 10.8 Å². The summed E-state index contributed by atoms with van der Waals surface area (Å²) in [6.07, 6.45) is 0. The summed E-state index contributed by atoms with van der Waals surface area (Å²) in [7, 11) is 4.00. The van der Waals surface area contributed by atoms with Crippen molar-refractivity contribution in [2.45, 2.75) is 13.8 Å². The molecule has 0 aromatic heterocycles. The van der Waals surface area contributed by atoms with Gasteiger partial charge in [-0.05, 0) is 37.0 Å². The van der Waals surface area contributed by atoms with Crippen molar-refractivity contribution in [3.63, 3.8) is 0 Å². The van der Waals surface area contributed by atoms with Gasteiger partial charge in [-0.1, -0.05) is 38.1 Å². The first kappa shape index (κ1) is 15.7. The summed E-state index contributed by atoms with van der Waals surface area (Å²) < 4.78 is 0. The molecule has 1 heterocycles. The molecule has 2 amide bonds. The number of nitrogens with zero attached hydrogens (tertiary/aromatic N) is 2. The van der Waals surface area contributed by atoms with E-state index in [1.165, 1.54) is 4.90 Å². The molecule has 0 aliphatic carbocycles. The van der Waals surface area contributed by atoms with Gasteiger partial charge in [0.05, 0.1) is 0 Å². The van der Waals surface area contributed by atoms with Crippen molar-refractivity contribution in [3.8, 4) is 0 Å². The first-order valence-electron chi connectivity index (χ1n) is 7.83. The van der Waals surface area contributed by atoms with Crippen molar-refractivity contribution in [2.75, 3.05) is 27.2 Å². The lowest BCUT2D eigenvalue weighted by Gasteiger charge is -2.35. The second kappa shape index (κ2) is 5.46. The number of carbonyl (C=O) groups is 2. The molecule has 1 aliphatic heterocycles. The highest BCUT2D eigenvalue weighted by Crippen LogP contribution is 2.31. The molecule has 23 heavy (non-hydrogen) atoms. The maximum atomic E-state index is 12.9. The van der Waals surface area contributed by atoms with Gasteiger partial charge in [-0.3, -0.25) is 14.5 Å². The van der Waals surface area contributed by atoms with E-state index >= 15 is 0 Å². The Kier molecular flexibility index (Phi) is 3.72. The number of amides is 2. The smallest absolute Gasteiger partial charge is 0.261 e. The van der Waals surface area contributed by atoms with Crippen molar-refractivity contribution in [3.05, 3.63) is 47.5 Å². The Balaban J connectivity index is 2.04. The predicted octanol–water partition coefficient (Wildman–Crippen LogP) is 3.02. The molecule has 0 N–H and O–H groups in total. The third-order valence-electron chi connectivity index (χ3n) is 4.19. The lowest BCUT2D eigenvalue weighted by atomic mass is 9.89. The lowest BCUT2D eigenvalue weighted by molar-refractivity contribution is 0.0525. The van der Waals surface area contributed by atoms with Crippen LogP contribution in [0.3, 0.4) is 0 Å². The summed E-state index contributed by atoms with van der Waals surface area (Å²) in [4.78, 5) is 29.2. The van der Waals surface area contributed by atoms with E-state index < -0.39 is 0 Å². The molecule has 2 aromatic rings. The van der Waals surface area contributed by atoms with Gasteiger partial charge in [0, 0.05) is 29.6 Å². The number of benzene rings is 2. The zero-order valence-corrected chi connectivity index (χ0v) is 14.1. The molecule has 0 saturated heterocycles. The molecule has 0 bridgehead atoms. The molecular weight excluding hydrogens is 288 g/mol. The fraction of sp³-hybridized carbons (Fsp3) is 0.368. The predicted molar refractivity (Wildman–Crippen MR) is 91.7 cm³/mol. The highest BCUT2D eigenvalue weighted by atomic mass is 16.2. The molecule has 0 radical (unpaired) electrons. The van der Waals surface area contributed by atoms with Crippen molar-refractivity contribution in [2.24, 2.45) is 5.41 Å². The fourth-order valence-corrected chi connectivity index (χ4v) is 3.56. The molecule has 0 fully saturated rings. The third kappa shape index (κ3) is 2.75. The molecule has 2 aromatic carbocycles. The minimum atomic E-state index is -0.189. The molecular formula is C19H22N2O2. The molecule has 3 rings (SSSR count). The van der Waals surface area contributed by atoms with Crippen molar-refractivity contribution in [1.29, 1.82) is 0 Å². The zero-order valence-electron chi connectivity index (χ0n) is 14.1. The molecule has 0 saturated carbocycles. The number of hydrogen-bond donors (Lipinski definition) is 0. The van der Waals surface area contributed by atoms with Crippen molar-refractivity contribution >= 4 is 22.6 Å². The Morgan fingerprint density at radius 2 is 1.48 bits per heavy atom. The largest absolute Gasteiger partial charge is 0.309 e. The van der Waals surface area contributed by atoms with Gasteiger partial charge >= 0.3 is 0 Å². The molecule has 0 atom stereocenters. The maximum Gasteiger partial charge on any atom is 0.261 e. The van der Waals surface area contributed by atoms with Gasteiger partial charge in [0.2, 0.25) is 0 Å². The molecule has 4 nitrogen and oxygen atoms in total. The van der Waals surface area contributed by atoms with Crippen LogP contribution < -0.4 is 0 Å². The second-order valence-electron chi connectivity index (χ2n) is 7.31. The van der Waals surface area contributed by atoms with E-state index in [0.717, 1.165) is 17.3 Å². The van der Waals surface area contributed by atoms with Crippen LogP contribution in [0.1, 0.15) is 34.6 Å². The monoisotopic (exact) mass is 310 g/mol. The number of imide groups is 1. The third-order valence-corrected chi connectivity index (χ3v) is 4.19. The van der Waals surface area contributed by atoms with E-state index in [1.54, 1.807) is 0 Å². The maximum absolute atomic E-state index is 12.9. The minimum Gasteiger partial charge on any atom is -0.309 e. The number of rotatable bonds is 4. The van der Waals surface area contributed by atoms with Crippen LogP contribution in [0.4, 0.5) is 0 Å². The summed E-state index contributed by atoms with van der Waals surface area (Å²) in [6, 6.07) is 11.2. The van der Waals surface area contributed by atoms with E-state index in [-0.39, 0.29) is 17.2 Å². The van der Waals surface area contributed by atoms with Crippen LogP contribution in [-0.2, 0) is 0 Å². The first-order chi connectivity index (χ1) is 10.8. The SMILES string of the molecule is CN(C)CC(C)(C)CN1C(=O)c2cccc3cccc(c23)C1=O. The van der Waals surface area contributed by atoms with Gasteiger partial charge in [-0.15, -0.1) is 0 Å². The quantitative estimate of drug-likeness (QED) is 0.815. The Hall–Kier alpha value is -2.20. The van der Waals surface area contributed by atoms with Crippen LogP contribution in [0.2, 0.25) is 0 Å². The van der Waals surface area contributed by atoms with E-state index in [4.69, 9.17) is 0 Å². The average molecular weight is 310 g/mol. The van der Waals surface area contributed by atoms with Gasteiger partial charge in [0.25, 0.3) is 11.8 Å². The normalized spacial score (nSPS) is 14.9. The van der Waals surface area contributed by atoms with Gasteiger partial charge in [0.1, 0.15) is 0 Å². The lowest BCUT2D eigenvalue weighted by Crippen LogP contribution is -2.47. The van der Waals surface area contributed by atoms with Crippen LogP contribution in [-0.4, -0.2) is 48.8 Å².